The first kappa shape index (κ1) is 17.3. The molecule has 1 rings (SSSR count). The van der Waals surface area contributed by atoms with Crippen LogP contribution in [0.5, 0.6) is 0 Å². The molecule has 0 saturated heterocycles. The van der Waals surface area contributed by atoms with Crippen LogP contribution in [0.15, 0.2) is 0 Å². The Morgan fingerprint density at radius 3 is 2.38 bits per heavy atom. The van der Waals surface area contributed by atoms with Gasteiger partial charge in [-0.15, -0.1) is 0 Å². The monoisotopic (exact) mass is 300 g/mol. The number of carboxylic acid groups (broad SMARTS) is 1. The summed E-state index contributed by atoms with van der Waals surface area (Å²) in [5.41, 5.74) is 0. The molecule has 1 saturated carbocycles. The predicted molar refractivity (Wildman–Crippen MR) is 75.8 cm³/mol. The fourth-order valence-electron chi connectivity index (χ4n) is 2.00. The molecule has 1 unspecified atom stereocenters. The molecule has 0 heterocycles. The highest BCUT2D eigenvalue weighted by atomic mass is 16.5. The van der Waals surface area contributed by atoms with Crippen molar-refractivity contribution in [2.45, 2.75) is 52.1 Å². The third kappa shape index (κ3) is 5.24. The van der Waals surface area contributed by atoms with E-state index in [-0.39, 0.29) is 25.1 Å². The quantitative estimate of drug-likeness (QED) is 0.657. The molecule has 1 aliphatic rings. The zero-order chi connectivity index (χ0) is 16.0. The van der Waals surface area contributed by atoms with Gasteiger partial charge in [0.1, 0.15) is 12.6 Å². The van der Waals surface area contributed by atoms with Gasteiger partial charge in [-0.25, -0.2) is 9.59 Å². The van der Waals surface area contributed by atoms with Crippen molar-refractivity contribution in [2.24, 2.45) is 5.92 Å². The maximum atomic E-state index is 12.2. The normalized spacial score (nSPS) is 16.7. The number of urea groups is 1. The Kier molecular flexibility index (Phi) is 6.45. The number of aliphatic carboxylic acids is 1. The molecule has 1 aliphatic carbocycles. The average Bonchev–Trinajstić information content (AvgIpc) is 3.25. The number of nitrogens with zero attached hydrogens (tertiary/aromatic N) is 1. The zero-order valence-corrected chi connectivity index (χ0v) is 12.8. The molecule has 7 heteroatoms. The van der Waals surface area contributed by atoms with Crippen molar-refractivity contribution in [3.63, 3.8) is 0 Å². The van der Waals surface area contributed by atoms with Gasteiger partial charge in [-0.05, 0) is 25.7 Å². The molecule has 7 nitrogen and oxygen atoms in total. The standard InChI is InChI=1S/C14H24N2O5/c1-4-9(3)12(13(18)19)15-14(20)16(10-6-7-10)8-11(17)21-5-2/h9-10,12H,4-8H2,1-3H3,(H,15,20)(H,18,19)/t9?,12-/m0/s1. The van der Waals surface area contributed by atoms with Crippen LogP contribution in [0, 0.1) is 5.92 Å². The summed E-state index contributed by atoms with van der Waals surface area (Å²) in [5.74, 6) is -1.73. The molecule has 0 bridgehead atoms. The molecule has 2 N–H and O–H groups in total. The molecule has 120 valence electrons. The maximum Gasteiger partial charge on any atom is 0.326 e. The summed E-state index contributed by atoms with van der Waals surface area (Å²) >= 11 is 0. The van der Waals surface area contributed by atoms with Crippen molar-refractivity contribution in [1.29, 1.82) is 0 Å². The van der Waals surface area contributed by atoms with E-state index in [1.165, 1.54) is 4.90 Å². The van der Waals surface area contributed by atoms with E-state index in [4.69, 9.17) is 4.74 Å². The summed E-state index contributed by atoms with van der Waals surface area (Å²) in [6.45, 7) is 5.44. The van der Waals surface area contributed by atoms with Crippen molar-refractivity contribution in [3.05, 3.63) is 0 Å². The molecular weight excluding hydrogens is 276 g/mol. The van der Waals surface area contributed by atoms with E-state index in [1.54, 1.807) is 13.8 Å². The van der Waals surface area contributed by atoms with Gasteiger partial charge < -0.3 is 20.1 Å². The highest BCUT2D eigenvalue weighted by Crippen LogP contribution is 2.27. The summed E-state index contributed by atoms with van der Waals surface area (Å²) in [6, 6.07) is -1.47. The number of hydrogen-bond donors (Lipinski definition) is 2. The Labute approximate surface area is 124 Å². The van der Waals surface area contributed by atoms with Crippen LogP contribution in [0.2, 0.25) is 0 Å². The van der Waals surface area contributed by atoms with E-state index in [0.29, 0.717) is 6.42 Å². The van der Waals surface area contributed by atoms with Gasteiger partial charge in [0, 0.05) is 6.04 Å². The molecule has 0 spiro atoms. The molecule has 0 aromatic heterocycles. The minimum absolute atomic E-state index is 0.000726. The molecule has 1 fully saturated rings. The molecule has 0 aromatic rings. The van der Waals surface area contributed by atoms with Gasteiger partial charge in [0.05, 0.1) is 6.61 Å². The topological polar surface area (TPSA) is 95.9 Å². The van der Waals surface area contributed by atoms with Crippen molar-refractivity contribution in [3.8, 4) is 0 Å². The predicted octanol–water partition coefficient (Wildman–Crippen LogP) is 1.22. The Bertz CT molecular complexity index is 395. The van der Waals surface area contributed by atoms with E-state index >= 15 is 0 Å². The van der Waals surface area contributed by atoms with Crippen LogP contribution in [0.3, 0.4) is 0 Å². The smallest absolute Gasteiger partial charge is 0.326 e. The average molecular weight is 300 g/mol. The van der Waals surface area contributed by atoms with Gasteiger partial charge in [-0.1, -0.05) is 20.3 Å². The lowest BCUT2D eigenvalue weighted by atomic mass is 9.99. The van der Waals surface area contributed by atoms with Crippen LogP contribution in [0.1, 0.15) is 40.0 Å². The minimum atomic E-state index is -1.07. The number of carboxylic acids is 1. The first-order valence-electron chi connectivity index (χ1n) is 7.36. The second-order valence-corrected chi connectivity index (χ2v) is 5.32. The summed E-state index contributed by atoms with van der Waals surface area (Å²) in [6.07, 6.45) is 2.29. The van der Waals surface area contributed by atoms with Crippen molar-refractivity contribution < 1.29 is 24.2 Å². The number of carbonyl (C=O) groups excluding carboxylic acids is 2. The second kappa shape index (κ2) is 7.85. The van der Waals surface area contributed by atoms with Crippen molar-refractivity contribution in [1.82, 2.24) is 10.2 Å². The van der Waals surface area contributed by atoms with E-state index in [2.05, 4.69) is 5.32 Å². The molecule has 0 aliphatic heterocycles. The van der Waals surface area contributed by atoms with Crippen molar-refractivity contribution >= 4 is 18.0 Å². The van der Waals surface area contributed by atoms with Gasteiger partial charge >= 0.3 is 18.0 Å². The lowest BCUT2D eigenvalue weighted by Crippen LogP contribution is -2.52. The van der Waals surface area contributed by atoms with Gasteiger partial charge in [0.25, 0.3) is 0 Å². The molecular formula is C14H24N2O5. The molecule has 2 atom stereocenters. The fourth-order valence-corrected chi connectivity index (χ4v) is 2.00. The van der Waals surface area contributed by atoms with Gasteiger partial charge in [-0.2, -0.15) is 0 Å². The molecule has 21 heavy (non-hydrogen) atoms. The Morgan fingerprint density at radius 2 is 1.95 bits per heavy atom. The van der Waals surface area contributed by atoms with Crippen LogP contribution in [-0.2, 0) is 14.3 Å². The van der Waals surface area contributed by atoms with E-state index < -0.39 is 24.0 Å². The Hall–Kier alpha value is -1.79. The van der Waals surface area contributed by atoms with Crippen LogP contribution < -0.4 is 5.32 Å². The third-order valence-corrected chi connectivity index (χ3v) is 3.61. The molecule has 0 radical (unpaired) electrons. The Morgan fingerprint density at radius 1 is 1.33 bits per heavy atom. The number of ether oxygens (including phenoxy) is 1. The number of amides is 2. The van der Waals surface area contributed by atoms with Crippen molar-refractivity contribution in [2.75, 3.05) is 13.2 Å². The lowest BCUT2D eigenvalue weighted by molar-refractivity contribution is -0.143. The molecule has 0 aromatic carbocycles. The highest BCUT2D eigenvalue weighted by Gasteiger charge is 2.36. The zero-order valence-electron chi connectivity index (χ0n) is 12.8. The number of rotatable bonds is 8. The second-order valence-electron chi connectivity index (χ2n) is 5.32. The first-order chi connectivity index (χ1) is 9.90. The van der Waals surface area contributed by atoms with Crippen LogP contribution in [0.4, 0.5) is 4.79 Å². The van der Waals surface area contributed by atoms with Crippen LogP contribution in [0.25, 0.3) is 0 Å². The number of nitrogens with one attached hydrogen (secondary N) is 1. The SMILES string of the molecule is CCOC(=O)CN(C(=O)N[C@H](C(=O)O)C(C)CC)C1CC1. The summed E-state index contributed by atoms with van der Waals surface area (Å²) in [7, 11) is 0. The van der Waals surface area contributed by atoms with Crippen LogP contribution >= 0.6 is 0 Å². The lowest BCUT2D eigenvalue weighted by Gasteiger charge is -2.26. The minimum Gasteiger partial charge on any atom is -0.480 e. The summed E-state index contributed by atoms with van der Waals surface area (Å²) in [4.78, 5) is 36.4. The summed E-state index contributed by atoms with van der Waals surface area (Å²) < 4.78 is 4.84. The largest absolute Gasteiger partial charge is 0.480 e. The maximum absolute atomic E-state index is 12.2. The number of hydrogen-bond acceptors (Lipinski definition) is 4. The Balaban J connectivity index is 2.67. The molecule has 2 amide bonds. The third-order valence-electron chi connectivity index (χ3n) is 3.61. The van der Waals surface area contributed by atoms with E-state index in [9.17, 15) is 19.5 Å². The number of esters is 1. The van der Waals surface area contributed by atoms with Gasteiger partial charge in [0.2, 0.25) is 0 Å². The van der Waals surface area contributed by atoms with E-state index in [0.717, 1.165) is 12.8 Å². The van der Waals surface area contributed by atoms with E-state index in [1.807, 2.05) is 6.92 Å². The summed E-state index contributed by atoms with van der Waals surface area (Å²) in [5, 5.41) is 11.7. The number of carbonyl (C=O) groups is 3. The van der Waals surface area contributed by atoms with Crippen LogP contribution in [-0.4, -0.2) is 53.2 Å². The first-order valence-corrected chi connectivity index (χ1v) is 7.36. The van der Waals surface area contributed by atoms with Gasteiger partial charge in [-0.3, -0.25) is 4.79 Å². The van der Waals surface area contributed by atoms with Gasteiger partial charge in [0.15, 0.2) is 0 Å². The highest BCUT2D eigenvalue weighted by molar-refractivity contribution is 5.85. The fraction of sp³-hybridized carbons (Fsp3) is 0.786.